The number of aliphatic hydroxyl groups is 1. The second-order valence-electron chi connectivity index (χ2n) is 4.45. The second kappa shape index (κ2) is 5.36. The first-order chi connectivity index (χ1) is 8.20. The van der Waals surface area contributed by atoms with Gasteiger partial charge < -0.3 is 15.2 Å². The van der Waals surface area contributed by atoms with Gasteiger partial charge in [0.25, 0.3) is 0 Å². The number of hydrogen-bond acceptors (Lipinski definition) is 3. The molecule has 1 fully saturated rings. The van der Waals surface area contributed by atoms with Gasteiger partial charge in [-0.3, -0.25) is 0 Å². The summed E-state index contributed by atoms with van der Waals surface area (Å²) in [6.07, 6.45) is 3.37. The van der Waals surface area contributed by atoms with Crippen molar-refractivity contribution >= 4 is 5.69 Å². The summed E-state index contributed by atoms with van der Waals surface area (Å²) in [5, 5.41) is 12.9. The van der Waals surface area contributed by atoms with Crippen molar-refractivity contribution < 1.29 is 14.2 Å². The van der Waals surface area contributed by atoms with Crippen molar-refractivity contribution in [1.29, 1.82) is 0 Å². The summed E-state index contributed by atoms with van der Waals surface area (Å²) >= 11 is 0. The third-order valence-electron chi connectivity index (χ3n) is 3.24. The summed E-state index contributed by atoms with van der Waals surface area (Å²) in [5.41, 5.74) is 0.398. The van der Waals surface area contributed by atoms with Crippen LogP contribution >= 0.6 is 0 Å². The number of nitrogens with one attached hydrogen (secondary N) is 1. The standard InChI is InChI=1S/C13H18FNO2/c1-17-9-6-7-10(14)12(8-9)15-11-4-2-3-5-13(11)16/h6-8,11,13,15-16H,2-5H2,1H3. The molecule has 3 nitrogen and oxygen atoms in total. The van der Waals surface area contributed by atoms with Gasteiger partial charge in [-0.2, -0.15) is 0 Å². The monoisotopic (exact) mass is 239 g/mol. The van der Waals surface area contributed by atoms with Crippen LogP contribution in [0.4, 0.5) is 10.1 Å². The van der Waals surface area contributed by atoms with Crippen LogP contribution < -0.4 is 10.1 Å². The van der Waals surface area contributed by atoms with Crippen LogP contribution in [0.3, 0.4) is 0 Å². The van der Waals surface area contributed by atoms with Crippen molar-refractivity contribution in [1.82, 2.24) is 0 Å². The van der Waals surface area contributed by atoms with Gasteiger partial charge in [0.15, 0.2) is 0 Å². The Balaban J connectivity index is 2.11. The third kappa shape index (κ3) is 2.88. The molecular weight excluding hydrogens is 221 g/mol. The van der Waals surface area contributed by atoms with E-state index in [2.05, 4.69) is 5.32 Å². The number of benzene rings is 1. The van der Waals surface area contributed by atoms with Gasteiger partial charge >= 0.3 is 0 Å². The van der Waals surface area contributed by atoms with Gasteiger partial charge in [0.1, 0.15) is 11.6 Å². The Hall–Kier alpha value is -1.29. The van der Waals surface area contributed by atoms with Crippen molar-refractivity contribution in [2.24, 2.45) is 0 Å². The highest BCUT2D eigenvalue weighted by atomic mass is 19.1. The second-order valence-corrected chi connectivity index (χ2v) is 4.45. The van der Waals surface area contributed by atoms with Gasteiger partial charge in [0.05, 0.1) is 24.9 Å². The summed E-state index contributed by atoms with van der Waals surface area (Å²) in [6, 6.07) is 4.51. The molecule has 0 heterocycles. The van der Waals surface area contributed by atoms with Crippen molar-refractivity contribution in [3.05, 3.63) is 24.0 Å². The molecule has 2 rings (SSSR count). The molecule has 0 aromatic heterocycles. The largest absolute Gasteiger partial charge is 0.497 e. The van der Waals surface area contributed by atoms with Gasteiger partial charge in [-0.05, 0) is 25.0 Å². The smallest absolute Gasteiger partial charge is 0.146 e. The Morgan fingerprint density at radius 2 is 2.12 bits per heavy atom. The summed E-state index contributed by atoms with van der Waals surface area (Å²) in [5.74, 6) is 0.294. The summed E-state index contributed by atoms with van der Waals surface area (Å²) in [4.78, 5) is 0. The van der Waals surface area contributed by atoms with Crippen LogP contribution in [0.5, 0.6) is 5.75 Å². The lowest BCUT2D eigenvalue weighted by Crippen LogP contribution is -2.36. The predicted molar refractivity (Wildman–Crippen MR) is 64.8 cm³/mol. The van der Waals surface area contributed by atoms with E-state index in [0.717, 1.165) is 25.7 Å². The maximum atomic E-state index is 13.6. The Morgan fingerprint density at radius 3 is 2.82 bits per heavy atom. The van der Waals surface area contributed by atoms with E-state index in [1.807, 2.05) is 0 Å². The Morgan fingerprint density at radius 1 is 1.35 bits per heavy atom. The number of ether oxygens (including phenoxy) is 1. The molecule has 0 saturated heterocycles. The first kappa shape index (κ1) is 12.2. The molecule has 0 bridgehead atoms. The minimum Gasteiger partial charge on any atom is -0.497 e. The number of rotatable bonds is 3. The SMILES string of the molecule is COc1ccc(F)c(NC2CCCCC2O)c1. The van der Waals surface area contributed by atoms with E-state index in [1.165, 1.54) is 6.07 Å². The lowest BCUT2D eigenvalue weighted by Gasteiger charge is -2.29. The number of hydrogen-bond donors (Lipinski definition) is 2. The van der Waals surface area contributed by atoms with Gasteiger partial charge in [0.2, 0.25) is 0 Å². The Bertz CT molecular complexity index is 384. The molecule has 4 heteroatoms. The molecule has 2 unspecified atom stereocenters. The molecule has 1 aromatic rings. The predicted octanol–water partition coefficient (Wildman–Crippen LogP) is 2.55. The van der Waals surface area contributed by atoms with Crippen molar-refractivity contribution in [2.75, 3.05) is 12.4 Å². The van der Waals surface area contributed by atoms with E-state index in [4.69, 9.17) is 4.74 Å². The summed E-state index contributed by atoms with van der Waals surface area (Å²) in [6.45, 7) is 0. The molecule has 1 aromatic carbocycles. The summed E-state index contributed by atoms with van der Waals surface area (Å²) < 4.78 is 18.6. The van der Waals surface area contributed by atoms with Crippen LogP contribution in [0, 0.1) is 5.82 Å². The third-order valence-corrected chi connectivity index (χ3v) is 3.24. The molecule has 17 heavy (non-hydrogen) atoms. The van der Waals surface area contributed by atoms with E-state index in [1.54, 1.807) is 19.2 Å². The van der Waals surface area contributed by atoms with Crippen LogP contribution in [-0.2, 0) is 0 Å². The van der Waals surface area contributed by atoms with Crippen molar-refractivity contribution in [2.45, 2.75) is 37.8 Å². The molecule has 0 radical (unpaired) electrons. The summed E-state index contributed by atoms with van der Waals surface area (Å²) in [7, 11) is 1.55. The van der Waals surface area contributed by atoms with Crippen LogP contribution in [0.25, 0.3) is 0 Å². The fourth-order valence-electron chi connectivity index (χ4n) is 2.22. The zero-order chi connectivity index (χ0) is 12.3. The lowest BCUT2D eigenvalue weighted by atomic mass is 9.92. The van der Waals surface area contributed by atoms with Crippen LogP contribution in [-0.4, -0.2) is 24.4 Å². The first-order valence-corrected chi connectivity index (χ1v) is 5.99. The van der Waals surface area contributed by atoms with E-state index < -0.39 is 6.10 Å². The highest BCUT2D eigenvalue weighted by molar-refractivity contribution is 5.50. The minimum atomic E-state index is -0.394. The van der Waals surface area contributed by atoms with Gasteiger partial charge in [-0.15, -0.1) is 0 Å². The normalized spacial score (nSPS) is 24.4. The molecule has 1 aliphatic rings. The zero-order valence-electron chi connectivity index (χ0n) is 9.95. The van der Waals surface area contributed by atoms with Gasteiger partial charge in [-0.1, -0.05) is 12.8 Å². The average molecular weight is 239 g/mol. The number of methoxy groups -OCH3 is 1. The zero-order valence-corrected chi connectivity index (χ0v) is 9.95. The van der Waals surface area contributed by atoms with E-state index in [9.17, 15) is 9.50 Å². The molecule has 94 valence electrons. The maximum Gasteiger partial charge on any atom is 0.146 e. The minimum absolute atomic E-state index is 0.0645. The maximum absolute atomic E-state index is 13.6. The highest BCUT2D eigenvalue weighted by Crippen LogP contribution is 2.26. The van der Waals surface area contributed by atoms with Gasteiger partial charge in [-0.25, -0.2) is 4.39 Å². The Kier molecular flexibility index (Phi) is 3.84. The van der Waals surface area contributed by atoms with Crippen molar-refractivity contribution in [3.63, 3.8) is 0 Å². The van der Waals surface area contributed by atoms with Gasteiger partial charge in [0, 0.05) is 6.07 Å². The number of aliphatic hydroxyl groups excluding tert-OH is 1. The molecule has 1 saturated carbocycles. The van der Waals surface area contributed by atoms with Crippen LogP contribution in [0.1, 0.15) is 25.7 Å². The Labute approximate surface area is 101 Å². The lowest BCUT2D eigenvalue weighted by molar-refractivity contribution is 0.116. The molecule has 0 aliphatic heterocycles. The fraction of sp³-hybridized carbons (Fsp3) is 0.538. The van der Waals surface area contributed by atoms with E-state index >= 15 is 0 Å². The molecule has 0 amide bonds. The fourth-order valence-corrected chi connectivity index (χ4v) is 2.22. The average Bonchev–Trinajstić information content (AvgIpc) is 2.35. The topological polar surface area (TPSA) is 41.5 Å². The van der Waals surface area contributed by atoms with Crippen LogP contribution in [0.2, 0.25) is 0 Å². The molecular formula is C13H18FNO2. The van der Waals surface area contributed by atoms with E-state index in [-0.39, 0.29) is 11.9 Å². The molecule has 1 aliphatic carbocycles. The van der Waals surface area contributed by atoms with Crippen LogP contribution in [0.15, 0.2) is 18.2 Å². The highest BCUT2D eigenvalue weighted by Gasteiger charge is 2.23. The molecule has 2 N–H and O–H groups in total. The quantitative estimate of drug-likeness (QED) is 0.851. The van der Waals surface area contributed by atoms with Crippen molar-refractivity contribution in [3.8, 4) is 5.75 Å². The van der Waals surface area contributed by atoms with E-state index in [0.29, 0.717) is 11.4 Å². The first-order valence-electron chi connectivity index (χ1n) is 5.99. The molecule has 0 spiro atoms. The number of halogens is 1. The number of anilines is 1. The molecule has 2 atom stereocenters.